The maximum Gasteiger partial charge on any atom is 0.0857 e. The summed E-state index contributed by atoms with van der Waals surface area (Å²) < 4.78 is 0. The van der Waals surface area contributed by atoms with Gasteiger partial charge < -0.3 is 0 Å². The summed E-state index contributed by atoms with van der Waals surface area (Å²) >= 11 is 0. The molecule has 0 bridgehead atoms. The Labute approximate surface area is 90.4 Å². The lowest BCUT2D eigenvalue weighted by molar-refractivity contribution is 1.18. The van der Waals surface area contributed by atoms with Gasteiger partial charge in [-0.25, -0.2) is 0 Å². The summed E-state index contributed by atoms with van der Waals surface area (Å²) in [6.07, 6.45) is 7.56. The SMILES string of the molecule is C=C(/C=C\C=C/C)N=Nc1ccccc1. The molecule has 2 heteroatoms. The lowest BCUT2D eigenvalue weighted by Gasteiger charge is -1.90. The molecule has 1 aromatic rings. The van der Waals surface area contributed by atoms with Gasteiger partial charge in [0.05, 0.1) is 11.4 Å². The number of hydrogen-bond acceptors (Lipinski definition) is 2. The van der Waals surface area contributed by atoms with E-state index in [0.29, 0.717) is 5.70 Å². The fourth-order valence-electron chi connectivity index (χ4n) is 0.928. The fourth-order valence-corrected chi connectivity index (χ4v) is 0.928. The van der Waals surface area contributed by atoms with Crippen LogP contribution in [0.15, 0.2) is 77.1 Å². The Bertz CT molecular complexity index is 386. The average Bonchev–Trinajstić information content (AvgIpc) is 2.28. The van der Waals surface area contributed by atoms with E-state index in [1.807, 2.05) is 61.6 Å². The molecular formula is C13H14N2. The van der Waals surface area contributed by atoms with Gasteiger partial charge in [-0.1, -0.05) is 43.0 Å². The van der Waals surface area contributed by atoms with Gasteiger partial charge in [0.15, 0.2) is 0 Å². The lowest BCUT2D eigenvalue weighted by atomic mass is 10.3. The van der Waals surface area contributed by atoms with Gasteiger partial charge in [0, 0.05) is 0 Å². The Balaban J connectivity index is 2.55. The molecule has 0 fully saturated rings. The first-order valence-electron chi connectivity index (χ1n) is 4.78. The predicted molar refractivity (Wildman–Crippen MR) is 64.1 cm³/mol. The molecule has 0 spiro atoms. The van der Waals surface area contributed by atoms with Crippen molar-refractivity contribution in [3.05, 3.63) is 66.9 Å². The van der Waals surface area contributed by atoms with Crippen molar-refractivity contribution in [2.75, 3.05) is 0 Å². The Hall–Kier alpha value is -1.96. The quantitative estimate of drug-likeness (QED) is 0.505. The Morgan fingerprint density at radius 1 is 1.20 bits per heavy atom. The molecule has 76 valence electrons. The third kappa shape index (κ3) is 4.72. The van der Waals surface area contributed by atoms with Crippen LogP contribution in [0.1, 0.15) is 6.92 Å². The van der Waals surface area contributed by atoms with E-state index in [-0.39, 0.29) is 0 Å². The minimum atomic E-state index is 0.636. The Morgan fingerprint density at radius 2 is 1.93 bits per heavy atom. The van der Waals surface area contributed by atoms with Gasteiger partial charge in [0.2, 0.25) is 0 Å². The largest absolute Gasteiger partial charge is 0.151 e. The summed E-state index contributed by atoms with van der Waals surface area (Å²) in [7, 11) is 0. The number of rotatable bonds is 4. The standard InChI is InChI=1S/C13H14N2/c1-3-4-6-9-12(2)14-15-13-10-7-5-8-11-13/h3-11H,2H2,1H3/b4-3-,9-6-,15-14?. The van der Waals surface area contributed by atoms with Gasteiger partial charge in [0.1, 0.15) is 0 Å². The molecular weight excluding hydrogens is 184 g/mol. The van der Waals surface area contributed by atoms with Gasteiger partial charge in [-0.15, -0.1) is 0 Å². The van der Waals surface area contributed by atoms with E-state index in [2.05, 4.69) is 16.8 Å². The van der Waals surface area contributed by atoms with Crippen molar-refractivity contribution in [2.45, 2.75) is 6.92 Å². The maximum atomic E-state index is 4.04. The molecule has 0 aliphatic carbocycles. The summed E-state index contributed by atoms with van der Waals surface area (Å²) in [6, 6.07) is 9.58. The second-order valence-corrected chi connectivity index (χ2v) is 2.91. The average molecular weight is 198 g/mol. The lowest BCUT2D eigenvalue weighted by Crippen LogP contribution is -1.66. The van der Waals surface area contributed by atoms with Gasteiger partial charge >= 0.3 is 0 Å². The van der Waals surface area contributed by atoms with Crippen molar-refractivity contribution in [1.82, 2.24) is 0 Å². The normalized spacial score (nSPS) is 11.8. The van der Waals surface area contributed by atoms with Crippen molar-refractivity contribution in [3.63, 3.8) is 0 Å². The third-order valence-electron chi connectivity index (χ3n) is 1.64. The summed E-state index contributed by atoms with van der Waals surface area (Å²) in [5.41, 5.74) is 1.47. The second-order valence-electron chi connectivity index (χ2n) is 2.91. The molecule has 0 aliphatic heterocycles. The van der Waals surface area contributed by atoms with E-state index in [0.717, 1.165) is 5.69 Å². The van der Waals surface area contributed by atoms with Crippen LogP contribution in [0.2, 0.25) is 0 Å². The van der Waals surface area contributed by atoms with E-state index >= 15 is 0 Å². The molecule has 0 unspecified atom stereocenters. The van der Waals surface area contributed by atoms with E-state index in [4.69, 9.17) is 0 Å². The van der Waals surface area contributed by atoms with E-state index in [9.17, 15) is 0 Å². The van der Waals surface area contributed by atoms with Crippen LogP contribution in [0.3, 0.4) is 0 Å². The van der Waals surface area contributed by atoms with Crippen molar-refractivity contribution in [2.24, 2.45) is 10.2 Å². The van der Waals surface area contributed by atoms with Crippen molar-refractivity contribution < 1.29 is 0 Å². The van der Waals surface area contributed by atoms with Crippen LogP contribution < -0.4 is 0 Å². The monoisotopic (exact) mass is 198 g/mol. The molecule has 15 heavy (non-hydrogen) atoms. The van der Waals surface area contributed by atoms with Crippen molar-refractivity contribution in [3.8, 4) is 0 Å². The Kier molecular flexibility index (Phi) is 4.81. The van der Waals surface area contributed by atoms with Crippen LogP contribution in [0, 0.1) is 0 Å². The van der Waals surface area contributed by atoms with E-state index in [1.54, 1.807) is 0 Å². The first-order chi connectivity index (χ1) is 7.33. The molecule has 0 radical (unpaired) electrons. The summed E-state index contributed by atoms with van der Waals surface area (Å²) in [5, 5.41) is 8.01. The molecule has 0 N–H and O–H groups in total. The topological polar surface area (TPSA) is 24.7 Å². The number of hydrogen-bond donors (Lipinski definition) is 0. The van der Waals surface area contributed by atoms with Gasteiger partial charge in [-0.2, -0.15) is 10.2 Å². The first-order valence-corrected chi connectivity index (χ1v) is 4.78. The fraction of sp³-hybridized carbons (Fsp3) is 0.0769. The molecule has 0 aliphatic rings. The van der Waals surface area contributed by atoms with Gasteiger partial charge in [-0.05, 0) is 25.1 Å². The van der Waals surface area contributed by atoms with Crippen molar-refractivity contribution >= 4 is 5.69 Å². The van der Waals surface area contributed by atoms with Crippen LogP contribution in [0.5, 0.6) is 0 Å². The zero-order valence-electron chi connectivity index (χ0n) is 8.80. The van der Waals surface area contributed by atoms with Crippen LogP contribution in [0.25, 0.3) is 0 Å². The van der Waals surface area contributed by atoms with Gasteiger partial charge in [0.25, 0.3) is 0 Å². The molecule has 0 saturated heterocycles. The Morgan fingerprint density at radius 3 is 2.60 bits per heavy atom. The highest BCUT2D eigenvalue weighted by Gasteiger charge is 1.85. The zero-order chi connectivity index (χ0) is 10.9. The van der Waals surface area contributed by atoms with Crippen LogP contribution in [0.4, 0.5) is 5.69 Å². The summed E-state index contributed by atoms with van der Waals surface area (Å²) in [4.78, 5) is 0. The molecule has 0 amide bonds. The van der Waals surface area contributed by atoms with Gasteiger partial charge in [-0.3, -0.25) is 0 Å². The molecule has 2 nitrogen and oxygen atoms in total. The highest BCUT2D eigenvalue weighted by molar-refractivity contribution is 5.35. The van der Waals surface area contributed by atoms with Crippen LogP contribution in [-0.4, -0.2) is 0 Å². The number of azo groups is 1. The second kappa shape index (κ2) is 6.49. The minimum absolute atomic E-state index is 0.636. The zero-order valence-corrected chi connectivity index (χ0v) is 8.80. The smallest absolute Gasteiger partial charge is 0.0857 e. The molecule has 0 aromatic heterocycles. The number of nitrogens with zero attached hydrogens (tertiary/aromatic N) is 2. The predicted octanol–water partition coefficient (Wildman–Crippen LogP) is 4.42. The van der Waals surface area contributed by atoms with E-state index < -0.39 is 0 Å². The highest BCUT2D eigenvalue weighted by atomic mass is 15.1. The van der Waals surface area contributed by atoms with Crippen molar-refractivity contribution in [1.29, 1.82) is 0 Å². The minimum Gasteiger partial charge on any atom is -0.151 e. The van der Waals surface area contributed by atoms with Crippen LogP contribution in [-0.2, 0) is 0 Å². The molecule has 1 rings (SSSR count). The third-order valence-corrected chi connectivity index (χ3v) is 1.64. The van der Waals surface area contributed by atoms with Crippen LogP contribution >= 0.6 is 0 Å². The first kappa shape index (κ1) is 11.1. The van der Waals surface area contributed by atoms with E-state index in [1.165, 1.54) is 0 Å². The molecule has 0 saturated carbocycles. The number of allylic oxidation sites excluding steroid dienone is 4. The maximum absolute atomic E-state index is 4.04. The summed E-state index contributed by atoms with van der Waals surface area (Å²) in [5.74, 6) is 0. The molecule has 1 aromatic carbocycles. The summed E-state index contributed by atoms with van der Waals surface area (Å²) in [6.45, 7) is 5.72. The number of benzene rings is 1. The highest BCUT2D eigenvalue weighted by Crippen LogP contribution is 2.11. The molecule has 0 atom stereocenters. The molecule has 0 heterocycles.